The molecule has 1 N–H and O–H groups in total. The normalized spacial score (nSPS) is 10.7. The third kappa shape index (κ3) is 3.50. The van der Waals surface area contributed by atoms with Gasteiger partial charge in [-0.3, -0.25) is 0 Å². The molecule has 0 amide bonds. The predicted octanol–water partition coefficient (Wildman–Crippen LogP) is 3.33. The Balaban J connectivity index is 2.04. The van der Waals surface area contributed by atoms with Gasteiger partial charge in [-0.15, -0.1) is 10.2 Å². The number of hydrogen-bond donors (Lipinski definition) is 1. The van der Waals surface area contributed by atoms with Crippen molar-refractivity contribution in [2.75, 3.05) is 11.1 Å². The molecule has 102 valence electrons. The minimum absolute atomic E-state index is 0.703. The zero-order chi connectivity index (χ0) is 13.7. The molecule has 2 rings (SSSR count). The number of anilines is 1. The van der Waals surface area contributed by atoms with E-state index in [0.29, 0.717) is 6.54 Å². The summed E-state index contributed by atoms with van der Waals surface area (Å²) in [4.78, 5) is 0. The molecule has 19 heavy (non-hydrogen) atoms. The van der Waals surface area contributed by atoms with E-state index in [0.717, 1.165) is 29.0 Å². The number of aryl methyl sites for hydroxylation is 1. The van der Waals surface area contributed by atoms with Gasteiger partial charge in [0.15, 0.2) is 11.0 Å². The van der Waals surface area contributed by atoms with Crippen LogP contribution < -0.4 is 5.32 Å². The van der Waals surface area contributed by atoms with E-state index in [9.17, 15) is 0 Å². The summed E-state index contributed by atoms with van der Waals surface area (Å²) in [6.45, 7) is 7.95. The molecular formula is C14H20N4S. The first-order valence-corrected chi connectivity index (χ1v) is 7.58. The second-order valence-corrected chi connectivity index (χ2v) is 5.53. The average molecular weight is 276 g/mol. The summed E-state index contributed by atoms with van der Waals surface area (Å²) in [6.07, 6.45) is 0. The molecule has 0 aliphatic carbocycles. The van der Waals surface area contributed by atoms with Crippen LogP contribution in [-0.2, 0) is 13.1 Å². The molecule has 0 aliphatic heterocycles. The number of thioether (sulfide) groups is 1. The average Bonchev–Trinajstić information content (AvgIpc) is 2.81. The van der Waals surface area contributed by atoms with Crippen LogP contribution >= 0.6 is 11.8 Å². The Labute approximate surface area is 118 Å². The molecule has 1 aromatic heterocycles. The Hall–Kier alpha value is -1.49. The van der Waals surface area contributed by atoms with Crippen LogP contribution in [0, 0.1) is 6.92 Å². The topological polar surface area (TPSA) is 42.7 Å². The lowest BCUT2D eigenvalue weighted by Crippen LogP contribution is -2.08. The van der Waals surface area contributed by atoms with Gasteiger partial charge in [-0.1, -0.05) is 36.4 Å². The maximum absolute atomic E-state index is 4.27. The van der Waals surface area contributed by atoms with Gasteiger partial charge in [0.2, 0.25) is 0 Å². The van der Waals surface area contributed by atoms with Gasteiger partial charge >= 0.3 is 0 Å². The molecule has 0 saturated carbocycles. The molecule has 0 aliphatic rings. The summed E-state index contributed by atoms with van der Waals surface area (Å²) < 4.78 is 2.16. The lowest BCUT2D eigenvalue weighted by Gasteiger charge is -2.08. The van der Waals surface area contributed by atoms with Crippen LogP contribution in [0.1, 0.15) is 25.2 Å². The second-order valence-electron chi connectivity index (χ2n) is 4.30. The number of aromatic nitrogens is 3. The number of nitrogens with zero attached hydrogens (tertiary/aromatic N) is 3. The van der Waals surface area contributed by atoms with E-state index in [1.165, 1.54) is 5.56 Å². The van der Waals surface area contributed by atoms with E-state index in [2.05, 4.69) is 65.1 Å². The molecule has 0 spiro atoms. The summed E-state index contributed by atoms with van der Waals surface area (Å²) in [6, 6.07) is 8.38. The van der Waals surface area contributed by atoms with Gasteiger partial charge in [0, 0.05) is 12.2 Å². The first-order chi connectivity index (χ1) is 9.24. The zero-order valence-electron chi connectivity index (χ0n) is 11.7. The fraction of sp³-hybridized carbons (Fsp3) is 0.429. The molecule has 0 unspecified atom stereocenters. The highest BCUT2D eigenvalue weighted by atomic mass is 32.2. The highest BCUT2D eigenvalue weighted by Gasteiger charge is 2.09. The van der Waals surface area contributed by atoms with Gasteiger partial charge in [-0.05, 0) is 31.7 Å². The predicted molar refractivity (Wildman–Crippen MR) is 80.6 cm³/mol. The minimum Gasteiger partial charge on any atom is -0.378 e. The van der Waals surface area contributed by atoms with Crippen LogP contribution in [0.25, 0.3) is 0 Å². The Kier molecular flexibility index (Phi) is 4.85. The largest absolute Gasteiger partial charge is 0.378 e. The Morgan fingerprint density at radius 1 is 1.16 bits per heavy atom. The van der Waals surface area contributed by atoms with Crippen molar-refractivity contribution in [2.45, 2.75) is 39.0 Å². The first-order valence-electron chi connectivity index (χ1n) is 6.60. The fourth-order valence-electron chi connectivity index (χ4n) is 1.86. The van der Waals surface area contributed by atoms with Crippen molar-refractivity contribution in [3.8, 4) is 0 Å². The lowest BCUT2D eigenvalue weighted by atomic mass is 10.2. The van der Waals surface area contributed by atoms with Crippen LogP contribution in [0.2, 0.25) is 0 Å². The zero-order valence-corrected chi connectivity index (χ0v) is 12.5. The lowest BCUT2D eigenvalue weighted by molar-refractivity contribution is 0.649. The molecule has 0 saturated heterocycles. The van der Waals surface area contributed by atoms with E-state index in [1.54, 1.807) is 11.8 Å². The maximum Gasteiger partial charge on any atom is 0.191 e. The molecule has 1 heterocycles. The van der Waals surface area contributed by atoms with Crippen LogP contribution in [-0.4, -0.2) is 20.5 Å². The summed E-state index contributed by atoms with van der Waals surface area (Å²) in [5, 5.41) is 12.9. The molecule has 2 aromatic rings. The number of benzene rings is 1. The molecule has 4 nitrogen and oxygen atoms in total. The van der Waals surface area contributed by atoms with Crippen molar-refractivity contribution in [1.82, 2.24) is 14.8 Å². The van der Waals surface area contributed by atoms with Crippen LogP contribution in [0.3, 0.4) is 0 Å². The monoisotopic (exact) mass is 276 g/mol. The van der Waals surface area contributed by atoms with Crippen molar-refractivity contribution < 1.29 is 0 Å². The van der Waals surface area contributed by atoms with Crippen molar-refractivity contribution in [1.29, 1.82) is 0 Å². The fourth-order valence-corrected chi connectivity index (χ4v) is 2.60. The number of nitrogens with one attached hydrogen (secondary N) is 1. The van der Waals surface area contributed by atoms with E-state index in [4.69, 9.17) is 0 Å². The molecule has 0 atom stereocenters. The van der Waals surface area contributed by atoms with E-state index in [1.807, 2.05) is 0 Å². The highest BCUT2D eigenvalue weighted by Crippen LogP contribution is 2.17. The molecule has 1 aromatic carbocycles. The van der Waals surface area contributed by atoms with E-state index >= 15 is 0 Å². The van der Waals surface area contributed by atoms with Crippen molar-refractivity contribution in [3.05, 3.63) is 35.7 Å². The highest BCUT2D eigenvalue weighted by molar-refractivity contribution is 7.99. The standard InChI is InChI=1S/C14H20N4S/c1-4-18-13(16-17-14(18)19-5-2)10-15-12-8-6-11(3)7-9-12/h6-9,15H,4-5,10H2,1-3H3. The summed E-state index contributed by atoms with van der Waals surface area (Å²) in [5.41, 5.74) is 2.38. The van der Waals surface area contributed by atoms with E-state index < -0.39 is 0 Å². The third-order valence-corrected chi connectivity index (χ3v) is 3.73. The SMILES string of the molecule is CCSc1nnc(CNc2ccc(C)cc2)n1CC. The molecule has 0 bridgehead atoms. The summed E-state index contributed by atoms with van der Waals surface area (Å²) >= 11 is 1.73. The van der Waals surface area contributed by atoms with Crippen LogP contribution in [0.15, 0.2) is 29.4 Å². The summed E-state index contributed by atoms with van der Waals surface area (Å²) in [5.74, 6) is 2.00. The molecule has 0 radical (unpaired) electrons. The van der Waals surface area contributed by atoms with Crippen molar-refractivity contribution >= 4 is 17.4 Å². The molecular weight excluding hydrogens is 256 g/mol. The van der Waals surface area contributed by atoms with Gasteiger partial charge in [-0.25, -0.2) is 0 Å². The number of rotatable bonds is 6. The Bertz CT molecular complexity index is 519. The van der Waals surface area contributed by atoms with Crippen molar-refractivity contribution in [2.24, 2.45) is 0 Å². The second kappa shape index (κ2) is 6.61. The third-order valence-electron chi connectivity index (χ3n) is 2.89. The molecule has 5 heteroatoms. The van der Waals surface area contributed by atoms with Crippen molar-refractivity contribution in [3.63, 3.8) is 0 Å². The smallest absolute Gasteiger partial charge is 0.191 e. The first kappa shape index (κ1) is 13.9. The summed E-state index contributed by atoms with van der Waals surface area (Å²) in [7, 11) is 0. The quantitative estimate of drug-likeness (QED) is 0.822. The Morgan fingerprint density at radius 2 is 1.89 bits per heavy atom. The van der Waals surface area contributed by atoms with Crippen LogP contribution in [0.4, 0.5) is 5.69 Å². The van der Waals surface area contributed by atoms with Gasteiger partial charge in [-0.2, -0.15) is 0 Å². The Morgan fingerprint density at radius 3 is 2.53 bits per heavy atom. The van der Waals surface area contributed by atoms with Gasteiger partial charge in [0.05, 0.1) is 6.54 Å². The number of hydrogen-bond acceptors (Lipinski definition) is 4. The van der Waals surface area contributed by atoms with Crippen LogP contribution in [0.5, 0.6) is 0 Å². The van der Waals surface area contributed by atoms with E-state index in [-0.39, 0.29) is 0 Å². The van der Waals surface area contributed by atoms with Gasteiger partial charge in [0.25, 0.3) is 0 Å². The van der Waals surface area contributed by atoms with Gasteiger partial charge < -0.3 is 9.88 Å². The molecule has 0 fully saturated rings. The minimum atomic E-state index is 0.703. The van der Waals surface area contributed by atoms with Gasteiger partial charge in [0.1, 0.15) is 0 Å². The maximum atomic E-state index is 4.27.